The molecule has 3 aromatic heterocycles. The van der Waals surface area contributed by atoms with Crippen LogP contribution in [0.3, 0.4) is 0 Å². The van der Waals surface area contributed by atoms with Crippen LogP contribution in [-0.4, -0.2) is 23.1 Å². The second kappa shape index (κ2) is 5.96. The Balaban J connectivity index is 2.47. The van der Waals surface area contributed by atoms with Crippen LogP contribution in [0.4, 0.5) is 0 Å². The van der Waals surface area contributed by atoms with E-state index in [9.17, 15) is 9.59 Å². The molecule has 3 rings (SSSR count). The molecule has 0 aliphatic heterocycles. The Morgan fingerprint density at radius 3 is 2.29 bits per heavy atom. The van der Waals surface area contributed by atoms with Gasteiger partial charge in [0.25, 0.3) is 5.56 Å². The van der Waals surface area contributed by atoms with E-state index in [-0.39, 0.29) is 11.2 Å². The quantitative estimate of drug-likeness (QED) is 0.718. The lowest BCUT2D eigenvalue weighted by atomic mass is 10.3. The Hall–Kier alpha value is -2.31. The lowest BCUT2D eigenvalue weighted by molar-refractivity contribution is 0.592. The van der Waals surface area contributed by atoms with Crippen molar-refractivity contribution in [3.8, 4) is 0 Å². The Kier molecular flexibility index (Phi) is 4.11. The first-order valence-electron chi connectivity index (χ1n) is 8.61. The number of unbranched alkanes of at least 4 members (excludes halogenated alkanes) is 1. The summed E-state index contributed by atoms with van der Waals surface area (Å²) in [4.78, 5) is 30.1. The molecule has 0 N–H and O–H groups in total. The fourth-order valence-corrected chi connectivity index (χ4v) is 3.32. The summed E-state index contributed by atoms with van der Waals surface area (Å²) < 4.78 is 6.86. The molecule has 0 atom stereocenters. The van der Waals surface area contributed by atoms with Crippen LogP contribution in [0.15, 0.2) is 9.59 Å². The predicted octanol–water partition coefficient (Wildman–Crippen LogP) is 1.98. The third-order valence-electron chi connectivity index (χ3n) is 4.81. The normalized spacial score (nSPS) is 11.9. The largest absolute Gasteiger partial charge is 0.332 e. The molecule has 0 radical (unpaired) electrons. The molecule has 0 amide bonds. The summed E-state index contributed by atoms with van der Waals surface area (Å²) in [7, 11) is 1.68. The van der Waals surface area contributed by atoms with Gasteiger partial charge in [0.05, 0.1) is 0 Å². The minimum atomic E-state index is -0.301. The van der Waals surface area contributed by atoms with Gasteiger partial charge >= 0.3 is 5.69 Å². The van der Waals surface area contributed by atoms with Crippen LogP contribution in [0, 0.1) is 13.8 Å². The number of hydrogen-bond acceptors (Lipinski definition) is 3. The van der Waals surface area contributed by atoms with Crippen LogP contribution >= 0.6 is 0 Å². The first-order valence-corrected chi connectivity index (χ1v) is 8.61. The minimum Gasteiger partial charge on any atom is -0.314 e. The van der Waals surface area contributed by atoms with E-state index in [0.29, 0.717) is 17.7 Å². The van der Waals surface area contributed by atoms with E-state index in [1.807, 2.05) is 18.2 Å². The molecule has 0 saturated carbocycles. The van der Waals surface area contributed by atoms with Crippen molar-refractivity contribution in [3.63, 3.8) is 0 Å². The van der Waals surface area contributed by atoms with E-state index < -0.39 is 0 Å². The third-order valence-corrected chi connectivity index (χ3v) is 4.81. The molecule has 0 spiro atoms. The van der Waals surface area contributed by atoms with Crippen LogP contribution in [-0.2, 0) is 20.1 Å². The lowest BCUT2D eigenvalue weighted by Gasteiger charge is -2.07. The Morgan fingerprint density at radius 2 is 1.67 bits per heavy atom. The summed E-state index contributed by atoms with van der Waals surface area (Å²) in [6.45, 7) is 9.44. The molecule has 0 aliphatic rings. The van der Waals surface area contributed by atoms with Crippen molar-refractivity contribution >= 4 is 16.9 Å². The van der Waals surface area contributed by atoms with Gasteiger partial charge < -0.3 is 4.57 Å². The van der Waals surface area contributed by atoms with Crippen LogP contribution in [0.1, 0.15) is 44.5 Å². The molecule has 0 fully saturated rings. The second-order valence-electron chi connectivity index (χ2n) is 6.39. The highest BCUT2D eigenvalue weighted by molar-refractivity contribution is 5.76. The predicted molar refractivity (Wildman–Crippen MR) is 94.9 cm³/mol. The number of aromatic nitrogens is 5. The zero-order chi connectivity index (χ0) is 17.6. The van der Waals surface area contributed by atoms with E-state index in [1.165, 1.54) is 9.13 Å². The van der Waals surface area contributed by atoms with Gasteiger partial charge in [-0.2, -0.15) is 4.98 Å². The molecule has 3 aromatic rings. The van der Waals surface area contributed by atoms with Gasteiger partial charge in [-0.3, -0.25) is 18.3 Å². The van der Waals surface area contributed by atoms with E-state index in [4.69, 9.17) is 0 Å². The van der Waals surface area contributed by atoms with Gasteiger partial charge in [-0.25, -0.2) is 4.79 Å². The summed E-state index contributed by atoms with van der Waals surface area (Å²) >= 11 is 0. The Bertz CT molecular complexity index is 1030. The van der Waals surface area contributed by atoms with Crippen LogP contribution < -0.4 is 11.2 Å². The standard InChI is InChI=1S/C17H25N5O2/c1-6-8-10-20-11(3)12(4)22-13-14(18-16(20)22)19(5)17(24)21(9-7-2)15(13)23/h6-10H2,1-5H3. The highest BCUT2D eigenvalue weighted by Gasteiger charge is 2.21. The molecule has 0 aromatic carbocycles. The van der Waals surface area contributed by atoms with Gasteiger partial charge in [0.15, 0.2) is 11.2 Å². The Labute approximate surface area is 140 Å². The average Bonchev–Trinajstić information content (AvgIpc) is 3.05. The SMILES string of the molecule is CCCCn1c(C)c(C)n2c3c(=O)n(CCC)c(=O)n(C)c3nc12. The monoisotopic (exact) mass is 331 g/mol. The van der Waals surface area contributed by atoms with Gasteiger partial charge in [0.2, 0.25) is 5.78 Å². The molecular weight excluding hydrogens is 306 g/mol. The molecule has 3 heterocycles. The third kappa shape index (κ3) is 2.14. The molecule has 0 unspecified atom stereocenters. The van der Waals surface area contributed by atoms with Crippen molar-refractivity contribution in [2.24, 2.45) is 7.05 Å². The van der Waals surface area contributed by atoms with Crippen molar-refractivity contribution in [1.82, 2.24) is 23.1 Å². The van der Waals surface area contributed by atoms with E-state index in [0.717, 1.165) is 43.0 Å². The zero-order valence-corrected chi connectivity index (χ0v) is 15.1. The highest BCUT2D eigenvalue weighted by Crippen LogP contribution is 2.21. The number of nitrogens with zero attached hydrogens (tertiary/aromatic N) is 5. The van der Waals surface area contributed by atoms with Gasteiger partial charge in [-0.05, 0) is 26.7 Å². The number of fused-ring (bicyclic) bond motifs is 3. The first-order chi connectivity index (χ1) is 11.4. The van der Waals surface area contributed by atoms with Gasteiger partial charge in [0.1, 0.15) is 0 Å². The fraction of sp³-hybridized carbons (Fsp3) is 0.588. The molecule has 7 nitrogen and oxygen atoms in total. The maximum Gasteiger partial charge on any atom is 0.332 e. The first kappa shape index (κ1) is 16.5. The summed E-state index contributed by atoms with van der Waals surface area (Å²) in [5, 5.41) is 0. The molecule has 0 saturated heterocycles. The van der Waals surface area contributed by atoms with Crippen molar-refractivity contribution in [1.29, 1.82) is 0 Å². The average molecular weight is 331 g/mol. The fourth-order valence-electron chi connectivity index (χ4n) is 3.32. The molecule has 7 heteroatoms. The zero-order valence-electron chi connectivity index (χ0n) is 15.1. The van der Waals surface area contributed by atoms with Crippen LogP contribution in [0.2, 0.25) is 0 Å². The smallest absolute Gasteiger partial charge is 0.314 e. The maximum absolute atomic E-state index is 12.9. The molecule has 130 valence electrons. The second-order valence-corrected chi connectivity index (χ2v) is 6.39. The molecular formula is C17H25N5O2. The molecule has 0 bridgehead atoms. The summed E-state index contributed by atoms with van der Waals surface area (Å²) in [6.07, 6.45) is 2.87. The van der Waals surface area contributed by atoms with Gasteiger partial charge in [-0.15, -0.1) is 0 Å². The number of rotatable bonds is 5. The van der Waals surface area contributed by atoms with Crippen molar-refractivity contribution < 1.29 is 0 Å². The number of hydrogen-bond donors (Lipinski definition) is 0. The van der Waals surface area contributed by atoms with Crippen molar-refractivity contribution in [3.05, 3.63) is 32.2 Å². The highest BCUT2D eigenvalue weighted by atomic mass is 16.2. The van der Waals surface area contributed by atoms with Crippen molar-refractivity contribution in [2.45, 2.75) is 60.0 Å². The van der Waals surface area contributed by atoms with E-state index in [1.54, 1.807) is 7.05 Å². The van der Waals surface area contributed by atoms with E-state index >= 15 is 0 Å². The summed E-state index contributed by atoms with van der Waals surface area (Å²) in [5.74, 6) is 0.745. The van der Waals surface area contributed by atoms with Crippen molar-refractivity contribution in [2.75, 3.05) is 0 Å². The Morgan fingerprint density at radius 1 is 0.958 bits per heavy atom. The molecule has 0 aliphatic carbocycles. The minimum absolute atomic E-state index is 0.252. The topological polar surface area (TPSA) is 66.2 Å². The van der Waals surface area contributed by atoms with Crippen LogP contribution in [0.5, 0.6) is 0 Å². The summed E-state index contributed by atoms with van der Waals surface area (Å²) in [5.41, 5.74) is 2.52. The van der Waals surface area contributed by atoms with E-state index in [2.05, 4.69) is 23.4 Å². The van der Waals surface area contributed by atoms with Crippen LogP contribution in [0.25, 0.3) is 16.9 Å². The van der Waals surface area contributed by atoms with Gasteiger partial charge in [0, 0.05) is 31.5 Å². The number of aryl methyl sites for hydroxylation is 3. The summed E-state index contributed by atoms with van der Waals surface area (Å²) in [6, 6.07) is 0. The maximum atomic E-state index is 12.9. The lowest BCUT2D eigenvalue weighted by Crippen LogP contribution is -2.39. The van der Waals surface area contributed by atoms with Gasteiger partial charge in [-0.1, -0.05) is 20.3 Å². The molecule has 24 heavy (non-hydrogen) atoms. The number of imidazole rings is 2.